The summed E-state index contributed by atoms with van der Waals surface area (Å²) in [4.78, 5) is 21.4. The summed E-state index contributed by atoms with van der Waals surface area (Å²) in [5, 5.41) is 0. The van der Waals surface area contributed by atoms with Crippen molar-refractivity contribution in [3.63, 3.8) is 0 Å². The molecular weight excluding hydrogens is 294 g/mol. The Labute approximate surface area is 137 Å². The van der Waals surface area contributed by atoms with Gasteiger partial charge in [0, 0.05) is 46.3 Å². The maximum Gasteiger partial charge on any atom is 0.309 e. The predicted octanol–water partition coefficient (Wildman–Crippen LogP) is 1.80. The molecule has 3 rings (SSSR count). The summed E-state index contributed by atoms with van der Waals surface area (Å²) in [5.74, 6) is 2.17. The lowest BCUT2D eigenvalue weighted by Crippen LogP contribution is -2.42. The molecule has 0 N–H and O–H groups in total. The quantitative estimate of drug-likeness (QED) is 0.846. The van der Waals surface area contributed by atoms with Gasteiger partial charge in [0.05, 0.1) is 12.3 Å². The number of likely N-dealkylation sites (tertiary alicyclic amines) is 1. The van der Waals surface area contributed by atoms with Gasteiger partial charge in [0.1, 0.15) is 5.76 Å². The van der Waals surface area contributed by atoms with Gasteiger partial charge in [0.25, 0.3) is 5.89 Å². The van der Waals surface area contributed by atoms with E-state index in [-0.39, 0.29) is 11.8 Å². The summed E-state index contributed by atoms with van der Waals surface area (Å²) < 4.78 is 10.9. The Hall–Kier alpha value is -1.40. The minimum atomic E-state index is -0.0544. The van der Waals surface area contributed by atoms with Gasteiger partial charge in [-0.05, 0) is 18.3 Å². The van der Waals surface area contributed by atoms with Crippen LogP contribution in [-0.2, 0) is 17.7 Å². The second kappa shape index (κ2) is 7.01. The second-order valence-electron chi connectivity index (χ2n) is 7.06. The second-order valence-corrected chi connectivity index (χ2v) is 7.06. The van der Waals surface area contributed by atoms with Gasteiger partial charge in [-0.3, -0.25) is 9.69 Å². The summed E-state index contributed by atoms with van der Waals surface area (Å²) in [6, 6.07) is 0. The molecule has 0 aliphatic carbocycles. The van der Waals surface area contributed by atoms with Crippen LogP contribution in [0.25, 0.3) is 0 Å². The molecule has 0 radical (unpaired) electrons. The molecule has 128 valence electrons. The van der Waals surface area contributed by atoms with Gasteiger partial charge in [-0.1, -0.05) is 13.8 Å². The van der Waals surface area contributed by atoms with Crippen LogP contribution in [-0.4, -0.2) is 60.6 Å². The predicted molar refractivity (Wildman–Crippen MR) is 86.2 cm³/mol. The summed E-state index contributed by atoms with van der Waals surface area (Å²) in [6.45, 7) is 9.26. The van der Waals surface area contributed by atoms with Crippen molar-refractivity contribution in [2.75, 3.05) is 39.9 Å². The molecule has 1 saturated heterocycles. The molecule has 0 bridgehead atoms. The number of nitrogens with zero attached hydrogens (tertiary/aromatic N) is 3. The molecule has 2 unspecified atom stereocenters. The van der Waals surface area contributed by atoms with E-state index in [2.05, 4.69) is 23.7 Å². The molecule has 1 aromatic heterocycles. The molecular formula is C17H27N3O3. The smallest absolute Gasteiger partial charge is 0.309 e. The van der Waals surface area contributed by atoms with Crippen molar-refractivity contribution in [2.45, 2.75) is 33.2 Å². The third-order valence-electron chi connectivity index (χ3n) is 4.76. The Kier molecular flexibility index (Phi) is 5.02. The number of aromatic nitrogens is 1. The first-order chi connectivity index (χ1) is 11.1. The van der Waals surface area contributed by atoms with Gasteiger partial charge >= 0.3 is 5.91 Å². The van der Waals surface area contributed by atoms with Crippen molar-refractivity contribution >= 4 is 5.91 Å². The first-order valence-corrected chi connectivity index (χ1v) is 8.56. The van der Waals surface area contributed by atoms with Crippen LogP contribution >= 0.6 is 0 Å². The highest BCUT2D eigenvalue weighted by Gasteiger charge is 2.31. The lowest BCUT2D eigenvalue weighted by Gasteiger charge is -2.34. The number of rotatable bonds is 4. The molecule has 1 amide bonds. The highest BCUT2D eigenvalue weighted by molar-refractivity contribution is 5.89. The van der Waals surface area contributed by atoms with E-state index >= 15 is 0 Å². The monoisotopic (exact) mass is 321 g/mol. The Morgan fingerprint density at radius 2 is 2.09 bits per heavy atom. The largest absolute Gasteiger partial charge is 0.437 e. The lowest BCUT2D eigenvalue weighted by atomic mass is 9.92. The van der Waals surface area contributed by atoms with Crippen LogP contribution in [0.15, 0.2) is 4.42 Å². The van der Waals surface area contributed by atoms with Crippen LogP contribution in [0.5, 0.6) is 0 Å². The van der Waals surface area contributed by atoms with Crippen molar-refractivity contribution in [2.24, 2.45) is 11.8 Å². The molecule has 1 aromatic rings. The Bertz CT molecular complexity index is 547. The standard InChI is InChI=1S/C17H27N3O3/c1-12-8-13(2)10-20(9-12)17(21)16-18-14-11-19(6-7-22-3)5-4-15(14)23-16/h12-13H,4-11H2,1-3H3. The van der Waals surface area contributed by atoms with Crippen molar-refractivity contribution in [3.05, 3.63) is 17.3 Å². The number of carbonyl (C=O) groups is 1. The molecule has 0 spiro atoms. The van der Waals surface area contributed by atoms with E-state index in [4.69, 9.17) is 9.15 Å². The van der Waals surface area contributed by atoms with Gasteiger partial charge in [0.2, 0.25) is 0 Å². The van der Waals surface area contributed by atoms with Gasteiger partial charge < -0.3 is 14.1 Å². The average Bonchev–Trinajstić information content (AvgIpc) is 2.94. The van der Waals surface area contributed by atoms with E-state index in [1.807, 2.05) is 4.90 Å². The highest BCUT2D eigenvalue weighted by atomic mass is 16.5. The molecule has 2 atom stereocenters. The highest BCUT2D eigenvalue weighted by Crippen LogP contribution is 2.24. The summed E-state index contributed by atoms with van der Waals surface area (Å²) >= 11 is 0. The van der Waals surface area contributed by atoms with E-state index in [9.17, 15) is 4.79 Å². The van der Waals surface area contributed by atoms with Crippen LogP contribution in [0.3, 0.4) is 0 Å². The number of fused-ring (bicyclic) bond motifs is 1. The van der Waals surface area contributed by atoms with Gasteiger partial charge in [0.15, 0.2) is 0 Å². The zero-order valence-electron chi connectivity index (χ0n) is 14.4. The number of amides is 1. The molecule has 6 heteroatoms. The first-order valence-electron chi connectivity index (χ1n) is 8.56. The molecule has 3 heterocycles. The van der Waals surface area contributed by atoms with Crippen LogP contribution in [0.2, 0.25) is 0 Å². The number of oxazole rings is 1. The molecule has 2 aliphatic heterocycles. The van der Waals surface area contributed by atoms with Gasteiger partial charge in [-0.25, -0.2) is 4.98 Å². The fraction of sp³-hybridized carbons (Fsp3) is 0.765. The van der Waals surface area contributed by atoms with Crippen LogP contribution in [0, 0.1) is 11.8 Å². The number of methoxy groups -OCH3 is 1. The minimum Gasteiger partial charge on any atom is -0.437 e. The molecule has 0 saturated carbocycles. The molecule has 1 fully saturated rings. The number of piperidine rings is 1. The number of ether oxygens (including phenoxy) is 1. The van der Waals surface area contributed by atoms with E-state index < -0.39 is 0 Å². The fourth-order valence-electron chi connectivity index (χ4n) is 3.72. The van der Waals surface area contributed by atoms with Crippen LogP contribution < -0.4 is 0 Å². The summed E-state index contributed by atoms with van der Waals surface area (Å²) in [6.07, 6.45) is 1.99. The maximum atomic E-state index is 12.7. The first kappa shape index (κ1) is 16.5. The molecule has 0 aromatic carbocycles. The Balaban J connectivity index is 1.68. The SMILES string of the molecule is COCCN1CCc2oc(C(=O)N3CC(C)CC(C)C3)nc2C1. The molecule has 2 aliphatic rings. The lowest BCUT2D eigenvalue weighted by molar-refractivity contribution is 0.0581. The average molecular weight is 321 g/mol. The van der Waals surface area contributed by atoms with E-state index in [1.54, 1.807) is 7.11 Å². The van der Waals surface area contributed by atoms with Crippen LogP contribution in [0.1, 0.15) is 42.4 Å². The van der Waals surface area contributed by atoms with E-state index in [1.165, 1.54) is 6.42 Å². The topological polar surface area (TPSA) is 58.8 Å². The van der Waals surface area contributed by atoms with Gasteiger partial charge in [-0.15, -0.1) is 0 Å². The zero-order chi connectivity index (χ0) is 16.4. The Morgan fingerprint density at radius 3 is 2.78 bits per heavy atom. The van der Waals surface area contributed by atoms with Crippen molar-refractivity contribution in [3.8, 4) is 0 Å². The fourth-order valence-corrected chi connectivity index (χ4v) is 3.72. The molecule has 6 nitrogen and oxygen atoms in total. The van der Waals surface area contributed by atoms with Crippen molar-refractivity contribution in [1.29, 1.82) is 0 Å². The van der Waals surface area contributed by atoms with E-state index in [0.29, 0.717) is 18.4 Å². The Morgan fingerprint density at radius 1 is 1.35 bits per heavy atom. The molecule has 23 heavy (non-hydrogen) atoms. The van der Waals surface area contributed by atoms with Crippen molar-refractivity contribution in [1.82, 2.24) is 14.8 Å². The minimum absolute atomic E-state index is 0.0544. The van der Waals surface area contributed by atoms with Crippen LogP contribution in [0.4, 0.5) is 0 Å². The third kappa shape index (κ3) is 3.75. The zero-order valence-corrected chi connectivity index (χ0v) is 14.4. The number of hydrogen-bond donors (Lipinski definition) is 0. The number of hydrogen-bond acceptors (Lipinski definition) is 5. The van der Waals surface area contributed by atoms with E-state index in [0.717, 1.165) is 50.6 Å². The summed E-state index contributed by atoms with van der Waals surface area (Å²) in [7, 11) is 1.71. The van der Waals surface area contributed by atoms with Crippen molar-refractivity contribution < 1.29 is 13.9 Å². The summed E-state index contributed by atoms with van der Waals surface area (Å²) in [5.41, 5.74) is 0.911. The number of carbonyl (C=O) groups excluding carboxylic acids is 1. The maximum absolute atomic E-state index is 12.7. The normalized spacial score (nSPS) is 25.4. The van der Waals surface area contributed by atoms with Gasteiger partial charge in [-0.2, -0.15) is 0 Å². The third-order valence-corrected chi connectivity index (χ3v) is 4.76.